The van der Waals surface area contributed by atoms with Crippen molar-refractivity contribution in [2.24, 2.45) is 0 Å². The van der Waals surface area contributed by atoms with Crippen molar-refractivity contribution in [2.75, 3.05) is 0 Å². The van der Waals surface area contributed by atoms with Crippen molar-refractivity contribution < 1.29 is 14.1 Å². The molecule has 0 fully saturated rings. The Morgan fingerprint density at radius 2 is 1.71 bits per heavy atom. The quantitative estimate of drug-likeness (QED) is 0.493. The van der Waals surface area contributed by atoms with E-state index in [1.165, 1.54) is 0 Å². The Labute approximate surface area is 161 Å². The number of benzene rings is 2. The Morgan fingerprint density at radius 3 is 2.43 bits per heavy atom. The summed E-state index contributed by atoms with van der Waals surface area (Å²) in [7, 11) is 0. The third kappa shape index (κ3) is 3.42. The standard InChI is InChI=1S/C21H18N4O3/c1-14-19(15(2)25(23-14)17-11-7-4-8-12-17)21(26)27-13-18-22-20(24-28-18)16-9-5-3-6-10-16/h3-12H,13H2,1-2H3. The van der Waals surface area contributed by atoms with E-state index in [1.807, 2.05) is 67.6 Å². The highest BCUT2D eigenvalue weighted by Gasteiger charge is 2.21. The first kappa shape index (κ1) is 17.7. The highest BCUT2D eigenvalue weighted by atomic mass is 16.6. The molecule has 7 heteroatoms. The summed E-state index contributed by atoms with van der Waals surface area (Å²) in [6.45, 7) is 3.51. The van der Waals surface area contributed by atoms with Gasteiger partial charge in [0.1, 0.15) is 5.56 Å². The van der Waals surface area contributed by atoms with Crippen LogP contribution in [-0.4, -0.2) is 25.9 Å². The van der Waals surface area contributed by atoms with Crippen LogP contribution < -0.4 is 0 Å². The van der Waals surface area contributed by atoms with Crippen LogP contribution in [0.4, 0.5) is 0 Å². The topological polar surface area (TPSA) is 83.0 Å². The summed E-state index contributed by atoms with van der Waals surface area (Å²) in [6, 6.07) is 19.1. The molecule has 0 unspecified atom stereocenters. The first-order valence-electron chi connectivity index (χ1n) is 8.80. The summed E-state index contributed by atoms with van der Waals surface area (Å²) in [5, 5.41) is 8.39. The monoisotopic (exact) mass is 374 g/mol. The Bertz CT molecular complexity index is 1100. The molecule has 7 nitrogen and oxygen atoms in total. The van der Waals surface area contributed by atoms with Gasteiger partial charge in [0.2, 0.25) is 5.82 Å². The molecule has 0 aliphatic rings. The second kappa shape index (κ2) is 7.48. The molecule has 0 N–H and O–H groups in total. The van der Waals surface area contributed by atoms with Crippen LogP contribution in [0.15, 0.2) is 65.2 Å². The van der Waals surface area contributed by atoms with Gasteiger partial charge in [-0.1, -0.05) is 53.7 Å². The second-order valence-electron chi connectivity index (χ2n) is 6.25. The molecule has 0 saturated carbocycles. The zero-order valence-electron chi connectivity index (χ0n) is 15.5. The lowest BCUT2D eigenvalue weighted by atomic mass is 10.2. The third-order valence-corrected chi connectivity index (χ3v) is 4.32. The van der Waals surface area contributed by atoms with Gasteiger partial charge in [0.15, 0.2) is 6.61 Å². The first-order chi connectivity index (χ1) is 13.6. The van der Waals surface area contributed by atoms with Gasteiger partial charge in [-0.2, -0.15) is 10.1 Å². The molecule has 0 saturated heterocycles. The van der Waals surface area contributed by atoms with Crippen molar-refractivity contribution in [2.45, 2.75) is 20.5 Å². The molecule has 4 rings (SSSR count). The smallest absolute Gasteiger partial charge is 0.342 e. The van der Waals surface area contributed by atoms with Crippen molar-refractivity contribution >= 4 is 5.97 Å². The zero-order valence-corrected chi connectivity index (χ0v) is 15.5. The molecular formula is C21H18N4O3. The molecule has 28 heavy (non-hydrogen) atoms. The van der Waals surface area contributed by atoms with Gasteiger partial charge in [0, 0.05) is 5.56 Å². The van der Waals surface area contributed by atoms with Crippen molar-refractivity contribution in [1.29, 1.82) is 0 Å². The third-order valence-electron chi connectivity index (χ3n) is 4.32. The van der Waals surface area contributed by atoms with E-state index in [-0.39, 0.29) is 12.5 Å². The molecule has 0 radical (unpaired) electrons. The Balaban J connectivity index is 1.49. The minimum atomic E-state index is -0.475. The van der Waals surface area contributed by atoms with E-state index in [1.54, 1.807) is 11.6 Å². The molecule has 2 aromatic carbocycles. The maximum atomic E-state index is 12.6. The number of rotatable bonds is 5. The van der Waals surface area contributed by atoms with Crippen LogP contribution in [-0.2, 0) is 11.3 Å². The fraction of sp³-hybridized carbons (Fsp3) is 0.143. The maximum absolute atomic E-state index is 12.6. The predicted octanol–water partition coefficient (Wildman–Crippen LogP) is 3.90. The Kier molecular flexibility index (Phi) is 4.72. The van der Waals surface area contributed by atoms with E-state index in [0.29, 0.717) is 22.8 Å². The van der Waals surface area contributed by atoms with E-state index in [4.69, 9.17) is 9.26 Å². The summed E-state index contributed by atoms with van der Waals surface area (Å²) in [5.74, 6) is 0.213. The van der Waals surface area contributed by atoms with Crippen molar-refractivity contribution in [3.8, 4) is 17.1 Å². The molecule has 2 heterocycles. The summed E-state index contributed by atoms with van der Waals surface area (Å²) >= 11 is 0. The molecule has 140 valence electrons. The molecule has 0 amide bonds. The van der Waals surface area contributed by atoms with Gasteiger partial charge in [0.25, 0.3) is 5.89 Å². The number of ether oxygens (including phenoxy) is 1. The lowest BCUT2D eigenvalue weighted by Crippen LogP contribution is -2.08. The van der Waals surface area contributed by atoms with Crippen molar-refractivity contribution in [1.82, 2.24) is 19.9 Å². The molecule has 4 aromatic rings. The number of aromatic nitrogens is 4. The molecule has 2 aromatic heterocycles. The normalized spacial score (nSPS) is 10.8. The summed E-state index contributed by atoms with van der Waals surface area (Å²) in [5.41, 5.74) is 3.46. The lowest BCUT2D eigenvalue weighted by molar-refractivity contribution is 0.0428. The van der Waals surface area contributed by atoms with Gasteiger partial charge < -0.3 is 9.26 Å². The fourth-order valence-corrected chi connectivity index (χ4v) is 2.98. The maximum Gasteiger partial charge on any atom is 0.342 e. The summed E-state index contributed by atoms with van der Waals surface area (Å²) in [6.07, 6.45) is 0. The van der Waals surface area contributed by atoms with E-state index < -0.39 is 5.97 Å². The number of esters is 1. The Morgan fingerprint density at radius 1 is 1.04 bits per heavy atom. The van der Waals surface area contributed by atoms with Crippen molar-refractivity contribution in [3.05, 3.63) is 83.5 Å². The number of hydrogen-bond donors (Lipinski definition) is 0. The van der Waals surface area contributed by atoms with Gasteiger partial charge in [-0.05, 0) is 26.0 Å². The van der Waals surface area contributed by atoms with Crippen LogP contribution in [0.3, 0.4) is 0 Å². The molecule has 0 spiro atoms. The van der Waals surface area contributed by atoms with Crippen LogP contribution >= 0.6 is 0 Å². The van der Waals surface area contributed by atoms with Crippen LogP contribution in [0.25, 0.3) is 17.1 Å². The molecule has 0 aliphatic heterocycles. The number of hydrogen-bond acceptors (Lipinski definition) is 6. The van der Waals surface area contributed by atoms with Crippen molar-refractivity contribution in [3.63, 3.8) is 0 Å². The number of carbonyl (C=O) groups excluding carboxylic acids is 1. The van der Waals surface area contributed by atoms with Gasteiger partial charge in [-0.3, -0.25) is 0 Å². The predicted molar refractivity (Wildman–Crippen MR) is 102 cm³/mol. The molecular weight excluding hydrogens is 356 g/mol. The minimum absolute atomic E-state index is 0.103. The van der Waals surface area contributed by atoms with Gasteiger partial charge in [-0.15, -0.1) is 0 Å². The summed E-state index contributed by atoms with van der Waals surface area (Å²) < 4.78 is 12.3. The van der Waals surface area contributed by atoms with Crippen LogP contribution in [0.2, 0.25) is 0 Å². The second-order valence-corrected chi connectivity index (χ2v) is 6.25. The molecule has 0 aliphatic carbocycles. The average molecular weight is 374 g/mol. The lowest BCUT2D eigenvalue weighted by Gasteiger charge is -2.05. The highest BCUT2D eigenvalue weighted by molar-refractivity contribution is 5.92. The van der Waals surface area contributed by atoms with Gasteiger partial charge >= 0.3 is 5.97 Å². The number of aryl methyl sites for hydroxylation is 1. The van der Waals surface area contributed by atoms with Gasteiger partial charge in [-0.25, -0.2) is 9.48 Å². The minimum Gasteiger partial charge on any atom is -0.452 e. The first-order valence-corrected chi connectivity index (χ1v) is 8.80. The van der Waals surface area contributed by atoms with Gasteiger partial charge in [0.05, 0.1) is 17.1 Å². The summed E-state index contributed by atoms with van der Waals surface area (Å²) in [4.78, 5) is 16.9. The number of para-hydroxylation sites is 1. The van der Waals surface area contributed by atoms with E-state index in [9.17, 15) is 4.79 Å². The van der Waals surface area contributed by atoms with E-state index >= 15 is 0 Å². The largest absolute Gasteiger partial charge is 0.452 e. The van der Waals surface area contributed by atoms with E-state index in [2.05, 4.69) is 15.2 Å². The SMILES string of the molecule is Cc1nn(-c2ccccc2)c(C)c1C(=O)OCc1nc(-c2ccccc2)no1. The molecule has 0 atom stereocenters. The van der Waals surface area contributed by atoms with Crippen LogP contribution in [0.1, 0.15) is 27.6 Å². The van der Waals surface area contributed by atoms with Crippen LogP contribution in [0, 0.1) is 13.8 Å². The highest BCUT2D eigenvalue weighted by Crippen LogP contribution is 2.20. The number of carbonyl (C=O) groups is 1. The van der Waals surface area contributed by atoms with Crippen LogP contribution in [0.5, 0.6) is 0 Å². The Hall–Kier alpha value is -3.74. The fourth-order valence-electron chi connectivity index (χ4n) is 2.98. The zero-order chi connectivity index (χ0) is 19.5. The molecule has 0 bridgehead atoms. The average Bonchev–Trinajstić information content (AvgIpc) is 3.32. The van der Waals surface area contributed by atoms with E-state index in [0.717, 1.165) is 11.3 Å². The number of nitrogens with zero attached hydrogens (tertiary/aromatic N) is 4.